The van der Waals surface area contributed by atoms with Gasteiger partial charge in [0.1, 0.15) is 6.10 Å². The number of unbranched alkanes of at least 4 members (excludes halogenated alkanes) is 25. The van der Waals surface area contributed by atoms with Crippen molar-refractivity contribution in [1.29, 1.82) is 0 Å². The average Bonchev–Trinajstić information content (AvgIpc) is 3.31. The molecule has 0 rings (SSSR count). The van der Waals surface area contributed by atoms with E-state index in [9.17, 15) is 19.8 Å². The number of carbonyl (C=O) groups excluding carboxylic acids is 2. The lowest BCUT2D eigenvalue weighted by atomic mass is 10.0. The van der Waals surface area contributed by atoms with E-state index in [1.165, 1.54) is 116 Å². The number of allylic oxidation sites excluding steroid dienone is 14. The van der Waals surface area contributed by atoms with Gasteiger partial charge in [0.2, 0.25) is 5.91 Å². The Kier molecular flexibility index (Phi) is 50.6. The van der Waals surface area contributed by atoms with Gasteiger partial charge in [-0.3, -0.25) is 9.59 Å². The van der Waals surface area contributed by atoms with Gasteiger partial charge in [-0.15, -0.1) is 0 Å². The minimum Gasteiger partial charge on any atom is -0.462 e. The third-order valence-corrected chi connectivity index (χ3v) is 12.3. The molecule has 66 heavy (non-hydrogen) atoms. The molecule has 3 atom stereocenters. The summed E-state index contributed by atoms with van der Waals surface area (Å²) < 4.78 is 5.91. The summed E-state index contributed by atoms with van der Waals surface area (Å²) in [6.07, 6.45) is 69.3. The summed E-state index contributed by atoms with van der Waals surface area (Å²) in [6, 6.07) is -0.728. The molecular weight excluding hydrogens is 815 g/mol. The molecule has 0 spiro atoms. The van der Waals surface area contributed by atoms with Crippen LogP contribution in [-0.4, -0.2) is 46.9 Å². The predicted molar refractivity (Wildman–Crippen MR) is 287 cm³/mol. The van der Waals surface area contributed by atoms with Gasteiger partial charge in [-0.2, -0.15) is 0 Å². The van der Waals surface area contributed by atoms with Crippen molar-refractivity contribution in [2.24, 2.45) is 0 Å². The average molecular weight is 921 g/mol. The van der Waals surface area contributed by atoms with Crippen LogP contribution in [0.1, 0.15) is 258 Å². The normalized spacial score (nSPS) is 13.8. The maximum absolute atomic E-state index is 13.2. The molecular formula is C60H105NO5. The number of amides is 1. The first kappa shape index (κ1) is 63.0. The molecule has 0 aliphatic heterocycles. The SMILES string of the molecule is CC/C=C/C=C/C=C\CCCCCCCC(=O)OC(CCC/C=C\C/C=C\C/C=C\C/C=C\CCCCC)CC(=O)NC(CO)C(O)CCCCCCCCCCCCCCCCCCC. The van der Waals surface area contributed by atoms with Gasteiger partial charge in [0.15, 0.2) is 0 Å². The van der Waals surface area contributed by atoms with Gasteiger partial charge in [0, 0.05) is 6.42 Å². The third kappa shape index (κ3) is 47.5. The zero-order valence-corrected chi connectivity index (χ0v) is 43.3. The summed E-state index contributed by atoms with van der Waals surface area (Å²) in [6.45, 7) is 6.32. The van der Waals surface area contributed by atoms with E-state index in [-0.39, 0.29) is 24.9 Å². The second kappa shape index (κ2) is 53.0. The van der Waals surface area contributed by atoms with Crippen LogP contribution in [-0.2, 0) is 14.3 Å². The van der Waals surface area contributed by atoms with E-state index in [0.717, 1.165) is 96.3 Å². The molecule has 1 amide bonds. The van der Waals surface area contributed by atoms with E-state index in [1.807, 2.05) is 0 Å². The fourth-order valence-corrected chi connectivity index (χ4v) is 8.07. The van der Waals surface area contributed by atoms with Crippen molar-refractivity contribution in [2.45, 2.75) is 277 Å². The summed E-state index contributed by atoms with van der Waals surface area (Å²) in [5, 5.41) is 23.8. The number of aliphatic hydroxyl groups excluding tert-OH is 2. The first-order valence-corrected chi connectivity index (χ1v) is 27.8. The van der Waals surface area contributed by atoms with Crippen molar-refractivity contribution in [3.05, 3.63) is 85.1 Å². The highest BCUT2D eigenvalue weighted by Crippen LogP contribution is 2.17. The monoisotopic (exact) mass is 920 g/mol. The Morgan fingerprint density at radius 2 is 0.894 bits per heavy atom. The number of hydrogen-bond acceptors (Lipinski definition) is 5. The van der Waals surface area contributed by atoms with E-state index < -0.39 is 18.2 Å². The predicted octanol–water partition coefficient (Wildman–Crippen LogP) is 17.1. The smallest absolute Gasteiger partial charge is 0.306 e. The van der Waals surface area contributed by atoms with E-state index in [2.05, 4.69) is 111 Å². The van der Waals surface area contributed by atoms with Crippen LogP contribution in [0.3, 0.4) is 0 Å². The largest absolute Gasteiger partial charge is 0.462 e. The van der Waals surface area contributed by atoms with Gasteiger partial charge in [-0.25, -0.2) is 0 Å². The molecule has 0 radical (unpaired) electrons. The maximum Gasteiger partial charge on any atom is 0.306 e. The molecule has 0 aromatic carbocycles. The zero-order valence-electron chi connectivity index (χ0n) is 43.3. The maximum atomic E-state index is 13.2. The summed E-state index contributed by atoms with van der Waals surface area (Å²) in [4.78, 5) is 26.2. The van der Waals surface area contributed by atoms with Crippen LogP contribution < -0.4 is 5.32 Å². The molecule has 3 unspecified atom stereocenters. The van der Waals surface area contributed by atoms with E-state index in [0.29, 0.717) is 19.3 Å². The Balaban J connectivity index is 4.66. The van der Waals surface area contributed by atoms with Crippen molar-refractivity contribution in [3.8, 4) is 0 Å². The topological polar surface area (TPSA) is 95.9 Å². The van der Waals surface area contributed by atoms with Crippen molar-refractivity contribution >= 4 is 11.9 Å². The van der Waals surface area contributed by atoms with Gasteiger partial charge in [0.05, 0.1) is 25.2 Å². The second-order valence-corrected chi connectivity index (χ2v) is 18.7. The molecule has 6 heteroatoms. The molecule has 0 saturated carbocycles. The van der Waals surface area contributed by atoms with Crippen LogP contribution >= 0.6 is 0 Å². The highest BCUT2D eigenvalue weighted by atomic mass is 16.5. The Labute approximate surface area is 408 Å². The quantitative estimate of drug-likeness (QED) is 0.0245. The molecule has 0 saturated heterocycles. The molecule has 6 nitrogen and oxygen atoms in total. The van der Waals surface area contributed by atoms with E-state index in [4.69, 9.17) is 4.74 Å². The molecule has 0 heterocycles. The molecule has 0 aliphatic rings. The van der Waals surface area contributed by atoms with Crippen LogP contribution in [0.2, 0.25) is 0 Å². The molecule has 0 aliphatic carbocycles. The van der Waals surface area contributed by atoms with Crippen LogP contribution in [0.25, 0.3) is 0 Å². The Morgan fingerprint density at radius 3 is 1.42 bits per heavy atom. The molecule has 380 valence electrons. The van der Waals surface area contributed by atoms with Crippen molar-refractivity contribution in [1.82, 2.24) is 5.32 Å². The molecule has 3 N–H and O–H groups in total. The number of rotatable bonds is 49. The highest BCUT2D eigenvalue weighted by molar-refractivity contribution is 5.77. The fraction of sp³-hybridized carbons (Fsp3) is 0.733. The van der Waals surface area contributed by atoms with Gasteiger partial charge in [-0.1, -0.05) is 247 Å². The summed E-state index contributed by atoms with van der Waals surface area (Å²) in [7, 11) is 0. The second-order valence-electron chi connectivity index (χ2n) is 18.7. The lowest BCUT2D eigenvalue weighted by Crippen LogP contribution is -2.46. The van der Waals surface area contributed by atoms with Gasteiger partial charge in [0.25, 0.3) is 0 Å². The van der Waals surface area contributed by atoms with Crippen molar-refractivity contribution in [2.75, 3.05) is 6.61 Å². The highest BCUT2D eigenvalue weighted by Gasteiger charge is 2.24. The number of nitrogens with one attached hydrogen (secondary N) is 1. The minimum atomic E-state index is -0.811. The molecule has 0 bridgehead atoms. The third-order valence-electron chi connectivity index (χ3n) is 12.3. The van der Waals surface area contributed by atoms with Gasteiger partial charge in [-0.05, 0) is 83.5 Å². The van der Waals surface area contributed by atoms with Crippen LogP contribution in [0.4, 0.5) is 0 Å². The summed E-state index contributed by atoms with van der Waals surface area (Å²) in [5.74, 6) is -0.553. The van der Waals surface area contributed by atoms with Gasteiger partial charge < -0.3 is 20.3 Å². The Hall–Kier alpha value is -2.96. The zero-order chi connectivity index (χ0) is 48.1. The number of carbonyl (C=O) groups is 2. The number of esters is 1. The molecule has 0 fully saturated rings. The number of ether oxygens (including phenoxy) is 1. The van der Waals surface area contributed by atoms with E-state index >= 15 is 0 Å². The van der Waals surface area contributed by atoms with E-state index in [1.54, 1.807) is 0 Å². The first-order chi connectivity index (χ1) is 32.5. The number of hydrogen-bond donors (Lipinski definition) is 3. The van der Waals surface area contributed by atoms with Crippen molar-refractivity contribution < 1.29 is 24.5 Å². The fourth-order valence-electron chi connectivity index (χ4n) is 8.07. The Bertz CT molecular complexity index is 1260. The summed E-state index contributed by atoms with van der Waals surface area (Å²) >= 11 is 0. The van der Waals surface area contributed by atoms with Gasteiger partial charge >= 0.3 is 5.97 Å². The molecule has 0 aromatic rings. The van der Waals surface area contributed by atoms with Crippen LogP contribution in [0, 0.1) is 0 Å². The standard InChI is InChI=1S/C60H105NO5/c1-4-7-10-13-16-19-22-25-27-29-31-34-36-39-42-45-48-51-56(66-60(65)53-50-47-44-41-38-33-24-21-18-15-12-9-6-3)54-59(64)61-57(55-62)58(63)52-49-46-43-40-37-35-32-30-28-26-23-20-17-14-11-8-5-2/h9,12,15-16,18-19,21,24-25,27,31,34,39,42,56-58,62-63H,4-8,10-11,13-14,17,20,22-23,26,28-30,32-33,35-38,40-41,43-55H2,1-3H3,(H,61,64)/b12-9+,18-15+,19-16-,24-21-,27-25-,34-31-,42-39-. The lowest BCUT2D eigenvalue weighted by Gasteiger charge is -2.24. The first-order valence-electron chi connectivity index (χ1n) is 27.8. The van der Waals surface area contributed by atoms with Crippen LogP contribution in [0.15, 0.2) is 85.1 Å². The minimum absolute atomic E-state index is 0.0281. The lowest BCUT2D eigenvalue weighted by molar-refractivity contribution is -0.151. The number of aliphatic hydroxyl groups is 2. The Morgan fingerprint density at radius 1 is 0.470 bits per heavy atom. The molecule has 0 aromatic heterocycles. The summed E-state index contributed by atoms with van der Waals surface area (Å²) in [5.41, 5.74) is 0. The van der Waals surface area contributed by atoms with Crippen LogP contribution in [0.5, 0.6) is 0 Å². The van der Waals surface area contributed by atoms with Crippen molar-refractivity contribution in [3.63, 3.8) is 0 Å².